The summed E-state index contributed by atoms with van der Waals surface area (Å²) in [6, 6.07) is 7.27. The Balaban J connectivity index is 1.97. The maximum Gasteiger partial charge on any atom is 0.407 e. The van der Waals surface area contributed by atoms with Crippen molar-refractivity contribution in [2.75, 3.05) is 19.6 Å². The highest BCUT2D eigenvalue weighted by molar-refractivity contribution is 7.92. The maximum atomic E-state index is 13.5. The molecule has 1 heterocycles. The fourth-order valence-electron chi connectivity index (χ4n) is 3.69. The first-order valence-electron chi connectivity index (χ1n) is 11.5. The zero-order valence-electron chi connectivity index (χ0n) is 21.1. The molecule has 0 saturated carbocycles. The zero-order valence-corrected chi connectivity index (χ0v) is 22.8. The standard InChI is InChI=1S/C22H27N5O10S2/c1-22(2,3)37-21(28)24-15-12-23-20(38(33,34)18-8-4-16(5-9-18)26(29)30)14-25(13-15)39(35,36)19-10-6-17(7-11-19)27(31)32/h4-11,15,20,23H,12-14H2,1-3H3,(H,24,28). The van der Waals surface area contributed by atoms with E-state index in [1.54, 1.807) is 20.8 Å². The molecule has 0 aliphatic carbocycles. The third kappa shape index (κ3) is 7.25. The molecule has 3 rings (SSSR count). The highest BCUT2D eigenvalue weighted by atomic mass is 32.2. The molecule has 1 amide bonds. The minimum absolute atomic E-state index is 0.164. The Morgan fingerprint density at radius 3 is 1.87 bits per heavy atom. The highest BCUT2D eigenvalue weighted by Crippen LogP contribution is 2.25. The number of hydrogen-bond donors (Lipinski definition) is 2. The van der Waals surface area contributed by atoms with Gasteiger partial charge >= 0.3 is 6.09 Å². The van der Waals surface area contributed by atoms with Gasteiger partial charge in [0.05, 0.1) is 25.7 Å². The molecule has 212 valence electrons. The SMILES string of the molecule is CC(C)(C)OC(=O)NC1CNC(S(=O)(=O)c2ccc([N+](=O)[O-])cc2)CN(S(=O)(=O)c2ccc([N+](=O)[O-])cc2)C1. The number of benzene rings is 2. The van der Waals surface area contributed by atoms with Crippen LogP contribution in [0.3, 0.4) is 0 Å². The zero-order chi connectivity index (χ0) is 29.2. The summed E-state index contributed by atoms with van der Waals surface area (Å²) in [7, 11) is -8.68. The van der Waals surface area contributed by atoms with Gasteiger partial charge in [-0.05, 0) is 45.0 Å². The van der Waals surface area contributed by atoms with Gasteiger partial charge in [-0.1, -0.05) is 0 Å². The molecule has 2 aromatic rings. The third-order valence-corrected chi connectivity index (χ3v) is 9.38. The van der Waals surface area contributed by atoms with Gasteiger partial charge in [0.15, 0.2) is 9.84 Å². The molecule has 1 saturated heterocycles. The van der Waals surface area contributed by atoms with Gasteiger partial charge in [0.1, 0.15) is 11.0 Å². The summed E-state index contributed by atoms with van der Waals surface area (Å²) < 4.78 is 60.0. The molecule has 2 atom stereocenters. The lowest BCUT2D eigenvalue weighted by atomic mass is 10.2. The quantitative estimate of drug-likeness (QED) is 0.353. The van der Waals surface area contributed by atoms with E-state index in [2.05, 4.69) is 10.6 Å². The van der Waals surface area contributed by atoms with Gasteiger partial charge < -0.3 is 10.1 Å². The number of sulfone groups is 1. The molecule has 2 N–H and O–H groups in total. The number of nitrogens with zero attached hydrogens (tertiary/aromatic N) is 3. The number of nitrogens with one attached hydrogen (secondary N) is 2. The van der Waals surface area contributed by atoms with Crippen molar-refractivity contribution in [3.63, 3.8) is 0 Å². The summed E-state index contributed by atoms with van der Waals surface area (Å²) in [4.78, 5) is 32.3. The van der Waals surface area contributed by atoms with E-state index in [0.717, 1.165) is 52.8 Å². The molecule has 2 aromatic carbocycles. The molecular weight excluding hydrogens is 558 g/mol. The average molecular weight is 586 g/mol. The van der Waals surface area contributed by atoms with Crippen LogP contribution < -0.4 is 10.6 Å². The van der Waals surface area contributed by atoms with Gasteiger partial charge in [-0.3, -0.25) is 25.5 Å². The van der Waals surface area contributed by atoms with Crippen molar-refractivity contribution in [1.29, 1.82) is 0 Å². The van der Waals surface area contributed by atoms with E-state index in [0.29, 0.717) is 0 Å². The number of hydrogen-bond acceptors (Lipinski definition) is 11. The third-order valence-electron chi connectivity index (χ3n) is 5.54. The Kier molecular flexibility index (Phi) is 8.59. The van der Waals surface area contributed by atoms with E-state index in [9.17, 15) is 41.9 Å². The predicted octanol–water partition coefficient (Wildman–Crippen LogP) is 1.79. The number of nitro benzene ring substituents is 2. The van der Waals surface area contributed by atoms with Crippen LogP contribution in [0, 0.1) is 20.2 Å². The summed E-state index contributed by atoms with van der Waals surface area (Å²) in [6.45, 7) is 3.80. The summed E-state index contributed by atoms with van der Waals surface area (Å²) >= 11 is 0. The summed E-state index contributed by atoms with van der Waals surface area (Å²) in [5.41, 5.74) is -1.52. The van der Waals surface area contributed by atoms with E-state index in [4.69, 9.17) is 4.74 Å². The number of carbonyl (C=O) groups is 1. The number of rotatable bonds is 7. The topological polar surface area (TPSA) is 208 Å². The minimum atomic E-state index is -4.40. The molecule has 0 bridgehead atoms. The van der Waals surface area contributed by atoms with Crippen LogP contribution in [0.1, 0.15) is 20.8 Å². The van der Waals surface area contributed by atoms with Crippen molar-refractivity contribution in [1.82, 2.24) is 14.9 Å². The molecule has 1 aliphatic heterocycles. The normalized spacial score (nSPS) is 19.1. The molecule has 2 unspecified atom stereocenters. The molecular formula is C22H27N5O10S2. The van der Waals surface area contributed by atoms with Gasteiger partial charge in [-0.2, -0.15) is 4.31 Å². The van der Waals surface area contributed by atoms with Gasteiger partial charge in [-0.25, -0.2) is 21.6 Å². The summed E-state index contributed by atoms with van der Waals surface area (Å²) in [5.74, 6) is 0. The van der Waals surface area contributed by atoms with Crippen LogP contribution in [0.25, 0.3) is 0 Å². The van der Waals surface area contributed by atoms with Crippen molar-refractivity contribution in [3.8, 4) is 0 Å². The molecule has 0 radical (unpaired) electrons. The number of sulfonamides is 1. The fourth-order valence-corrected chi connectivity index (χ4v) is 6.82. The average Bonchev–Trinajstić information content (AvgIpc) is 3.06. The number of nitro groups is 2. The summed E-state index contributed by atoms with van der Waals surface area (Å²) in [5, 5.41) is 25.7. The van der Waals surface area contributed by atoms with Crippen molar-refractivity contribution in [3.05, 3.63) is 68.8 Å². The van der Waals surface area contributed by atoms with E-state index in [1.165, 1.54) is 0 Å². The Labute approximate surface area is 224 Å². The molecule has 39 heavy (non-hydrogen) atoms. The molecule has 1 fully saturated rings. The van der Waals surface area contributed by atoms with Crippen LogP contribution in [-0.2, 0) is 24.6 Å². The van der Waals surface area contributed by atoms with Gasteiger partial charge in [0, 0.05) is 43.9 Å². The summed E-state index contributed by atoms with van der Waals surface area (Å²) in [6.07, 6.45) is -0.848. The van der Waals surface area contributed by atoms with Gasteiger partial charge in [0.25, 0.3) is 11.4 Å². The number of alkyl carbamates (subject to hydrolysis) is 1. The van der Waals surface area contributed by atoms with Crippen molar-refractivity contribution >= 4 is 37.3 Å². The van der Waals surface area contributed by atoms with Crippen LogP contribution in [0.5, 0.6) is 0 Å². The Hall–Kier alpha value is -3.67. The number of amides is 1. The first-order chi connectivity index (χ1) is 18.0. The van der Waals surface area contributed by atoms with Gasteiger partial charge in [0.2, 0.25) is 10.0 Å². The van der Waals surface area contributed by atoms with E-state index >= 15 is 0 Å². The second-order valence-electron chi connectivity index (χ2n) is 9.61. The lowest BCUT2D eigenvalue weighted by molar-refractivity contribution is -0.385. The first kappa shape index (κ1) is 29.9. The van der Waals surface area contributed by atoms with Gasteiger partial charge in [-0.15, -0.1) is 0 Å². The van der Waals surface area contributed by atoms with E-state index < -0.39 is 59.4 Å². The highest BCUT2D eigenvalue weighted by Gasteiger charge is 2.39. The number of ether oxygens (including phenoxy) is 1. The Morgan fingerprint density at radius 2 is 1.41 bits per heavy atom. The van der Waals surface area contributed by atoms with Crippen molar-refractivity contribution in [2.24, 2.45) is 0 Å². The molecule has 1 aliphatic rings. The van der Waals surface area contributed by atoms with Crippen LogP contribution in [-0.4, -0.2) is 73.7 Å². The van der Waals surface area contributed by atoms with Crippen LogP contribution in [0.4, 0.5) is 16.2 Å². The maximum absolute atomic E-state index is 13.5. The molecule has 0 aromatic heterocycles. The second kappa shape index (κ2) is 11.2. The fraction of sp³-hybridized carbons (Fsp3) is 0.409. The van der Waals surface area contributed by atoms with E-state index in [1.807, 2.05) is 0 Å². The van der Waals surface area contributed by atoms with Crippen LogP contribution in [0.15, 0.2) is 58.3 Å². The lowest BCUT2D eigenvalue weighted by Crippen LogP contribution is -2.48. The molecule has 0 spiro atoms. The lowest BCUT2D eigenvalue weighted by Gasteiger charge is -2.26. The Bertz CT molecular complexity index is 1450. The van der Waals surface area contributed by atoms with Crippen molar-refractivity contribution < 1.29 is 36.2 Å². The van der Waals surface area contributed by atoms with E-state index in [-0.39, 0.29) is 34.3 Å². The smallest absolute Gasteiger partial charge is 0.407 e. The number of non-ortho nitro benzene ring substituents is 2. The molecule has 15 nitrogen and oxygen atoms in total. The van der Waals surface area contributed by atoms with Crippen molar-refractivity contribution in [2.45, 2.75) is 47.6 Å². The van der Waals surface area contributed by atoms with Crippen LogP contribution >= 0.6 is 0 Å². The van der Waals surface area contributed by atoms with Crippen LogP contribution in [0.2, 0.25) is 0 Å². The number of carbonyl (C=O) groups excluding carboxylic acids is 1. The second-order valence-corrected chi connectivity index (χ2v) is 13.7. The largest absolute Gasteiger partial charge is 0.444 e. The first-order valence-corrected chi connectivity index (χ1v) is 14.5. The monoisotopic (exact) mass is 585 g/mol. The predicted molar refractivity (Wildman–Crippen MR) is 137 cm³/mol. The molecule has 17 heteroatoms. The minimum Gasteiger partial charge on any atom is -0.444 e. The Morgan fingerprint density at radius 1 is 0.923 bits per heavy atom.